The summed E-state index contributed by atoms with van der Waals surface area (Å²) in [7, 11) is 3.49. The minimum absolute atomic E-state index is 0.323. The third-order valence-corrected chi connectivity index (χ3v) is 2.29. The fraction of sp³-hybridized carbons (Fsp3) is 1.00. The topological polar surface area (TPSA) is 30.5 Å². The third kappa shape index (κ3) is 8.48. The van der Waals surface area contributed by atoms with Crippen LogP contribution in [0.1, 0.15) is 26.7 Å². The van der Waals surface area contributed by atoms with E-state index in [0.29, 0.717) is 5.41 Å². The van der Waals surface area contributed by atoms with E-state index in [1.807, 2.05) is 0 Å². The lowest BCUT2D eigenvalue weighted by molar-refractivity contribution is 0.149. The Balaban J connectivity index is 3.35. The summed E-state index contributed by atoms with van der Waals surface area (Å²) in [5, 5.41) is 3.43. The van der Waals surface area contributed by atoms with E-state index < -0.39 is 0 Å². The van der Waals surface area contributed by atoms with Crippen molar-refractivity contribution in [2.75, 3.05) is 40.5 Å². The van der Waals surface area contributed by atoms with Crippen LogP contribution in [-0.4, -0.2) is 40.5 Å². The van der Waals surface area contributed by atoms with Crippen LogP contribution in [-0.2, 0) is 9.47 Å². The van der Waals surface area contributed by atoms with E-state index in [2.05, 4.69) is 19.2 Å². The highest BCUT2D eigenvalue weighted by Gasteiger charge is 2.16. The van der Waals surface area contributed by atoms with Gasteiger partial charge in [-0.3, -0.25) is 0 Å². The lowest BCUT2D eigenvalue weighted by Crippen LogP contribution is -2.31. The van der Waals surface area contributed by atoms with Gasteiger partial charge in [0, 0.05) is 34.0 Å². The van der Waals surface area contributed by atoms with Crippen molar-refractivity contribution in [2.45, 2.75) is 26.7 Å². The number of methoxy groups -OCH3 is 2. The zero-order valence-corrected chi connectivity index (χ0v) is 10.1. The molecule has 0 aliphatic heterocycles. The van der Waals surface area contributed by atoms with Crippen molar-refractivity contribution >= 4 is 0 Å². The van der Waals surface area contributed by atoms with Crippen molar-refractivity contribution in [2.24, 2.45) is 5.41 Å². The number of hydrogen-bond donors (Lipinski definition) is 1. The molecule has 1 N–H and O–H groups in total. The summed E-state index contributed by atoms with van der Waals surface area (Å²) >= 11 is 0. The maximum Gasteiger partial charge on any atom is 0.0474 e. The molecule has 0 aliphatic rings. The highest BCUT2D eigenvalue weighted by Crippen LogP contribution is 2.18. The molecule has 0 aliphatic carbocycles. The molecule has 3 nitrogen and oxygen atoms in total. The second-order valence-electron chi connectivity index (χ2n) is 4.43. The Labute approximate surface area is 88.2 Å². The molecule has 14 heavy (non-hydrogen) atoms. The van der Waals surface area contributed by atoms with Gasteiger partial charge in [-0.2, -0.15) is 0 Å². The van der Waals surface area contributed by atoms with Crippen LogP contribution < -0.4 is 5.32 Å². The minimum Gasteiger partial charge on any atom is -0.385 e. The van der Waals surface area contributed by atoms with Crippen LogP contribution in [0.25, 0.3) is 0 Å². The van der Waals surface area contributed by atoms with E-state index in [4.69, 9.17) is 9.47 Å². The molecule has 0 radical (unpaired) electrons. The summed E-state index contributed by atoms with van der Waals surface area (Å²) in [5.41, 5.74) is 0.323. The monoisotopic (exact) mass is 203 g/mol. The Morgan fingerprint density at radius 2 is 1.71 bits per heavy atom. The van der Waals surface area contributed by atoms with Crippen molar-refractivity contribution in [3.05, 3.63) is 0 Å². The molecule has 0 aromatic heterocycles. The molecular formula is C11H25NO2. The first-order valence-electron chi connectivity index (χ1n) is 5.31. The number of hydrogen-bond acceptors (Lipinski definition) is 3. The van der Waals surface area contributed by atoms with Gasteiger partial charge in [0.15, 0.2) is 0 Å². The Morgan fingerprint density at radius 3 is 2.29 bits per heavy atom. The van der Waals surface area contributed by atoms with E-state index >= 15 is 0 Å². The fourth-order valence-corrected chi connectivity index (χ4v) is 1.24. The molecule has 0 fully saturated rings. The van der Waals surface area contributed by atoms with E-state index in [1.165, 1.54) is 0 Å². The van der Waals surface area contributed by atoms with Crippen LogP contribution in [0, 0.1) is 5.41 Å². The molecule has 0 amide bonds. The average molecular weight is 203 g/mol. The van der Waals surface area contributed by atoms with Crippen LogP contribution in [0.2, 0.25) is 0 Å². The minimum atomic E-state index is 0.323. The smallest absolute Gasteiger partial charge is 0.0474 e. The van der Waals surface area contributed by atoms with Crippen molar-refractivity contribution in [3.8, 4) is 0 Å². The molecule has 0 atom stereocenters. The quantitative estimate of drug-likeness (QED) is 0.578. The van der Waals surface area contributed by atoms with Gasteiger partial charge in [-0.05, 0) is 24.8 Å². The van der Waals surface area contributed by atoms with Crippen LogP contribution in [0.3, 0.4) is 0 Å². The first-order chi connectivity index (χ1) is 6.62. The Morgan fingerprint density at radius 1 is 1.07 bits per heavy atom. The van der Waals surface area contributed by atoms with Crippen molar-refractivity contribution < 1.29 is 9.47 Å². The predicted octanol–water partition coefficient (Wildman–Crippen LogP) is 1.68. The summed E-state index contributed by atoms with van der Waals surface area (Å²) in [5.74, 6) is 0. The lowest BCUT2D eigenvalue weighted by Gasteiger charge is -2.24. The van der Waals surface area contributed by atoms with E-state index in [9.17, 15) is 0 Å². The molecule has 0 aromatic carbocycles. The molecule has 0 spiro atoms. The average Bonchev–Trinajstić information content (AvgIpc) is 2.15. The standard InChI is InChI=1S/C11H25NO2/c1-11(2,6-9-14-4)10-12-7-5-8-13-3/h12H,5-10H2,1-4H3. The Hall–Kier alpha value is -0.120. The Bertz CT molecular complexity index is 126. The lowest BCUT2D eigenvalue weighted by atomic mass is 9.90. The van der Waals surface area contributed by atoms with Crippen LogP contribution in [0.15, 0.2) is 0 Å². The normalized spacial score (nSPS) is 12.0. The summed E-state index contributed by atoms with van der Waals surface area (Å²) in [6, 6.07) is 0. The van der Waals surface area contributed by atoms with Gasteiger partial charge in [-0.1, -0.05) is 13.8 Å². The Kier molecular flexibility index (Phi) is 8.14. The van der Waals surface area contributed by atoms with Gasteiger partial charge in [0.05, 0.1) is 0 Å². The van der Waals surface area contributed by atoms with Crippen LogP contribution in [0.4, 0.5) is 0 Å². The molecule has 0 saturated heterocycles. The second-order valence-corrected chi connectivity index (χ2v) is 4.43. The molecule has 0 aromatic rings. The molecule has 86 valence electrons. The SMILES string of the molecule is COCCCNCC(C)(C)CCOC. The molecule has 0 saturated carbocycles. The number of ether oxygens (including phenoxy) is 2. The fourth-order valence-electron chi connectivity index (χ4n) is 1.24. The first kappa shape index (κ1) is 13.9. The highest BCUT2D eigenvalue weighted by molar-refractivity contribution is 4.71. The van der Waals surface area contributed by atoms with Gasteiger partial charge >= 0.3 is 0 Å². The van der Waals surface area contributed by atoms with E-state index in [0.717, 1.165) is 39.1 Å². The summed E-state index contributed by atoms with van der Waals surface area (Å²) in [6.07, 6.45) is 2.18. The van der Waals surface area contributed by atoms with Gasteiger partial charge in [0.2, 0.25) is 0 Å². The zero-order valence-electron chi connectivity index (χ0n) is 10.1. The van der Waals surface area contributed by atoms with Gasteiger partial charge in [-0.25, -0.2) is 0 Å². The second kappa shape index (κ2) is 8.21. The van der Waals surface area contributed by atoms with E-state index in [1.54, 1.807) is 14.2 Å². The molecule has 0 rings (SSSR count). The van der Waals surface area contributed by atoms with Crippen molar-refractivity contribution in [3.63, 3.8) is 0 Å². The number of rotatable bonds is 9. The van der Waals surface area contributed by atoms with Crippen LogP contribution in [0.5, 0.6) is 0 Å². The largest absolute Gasteiger partial charge is 0.385 e. The highest BCUT2D eigenvalue weighted by atomic mass is 16.5. The van der Waals surface area contributed by atoms with Gasteiger partial charge < -0.3 is 14.8 Å². The van der Waals surface area contributed by atoms with Crippen LogP contribution >= 0.6 is 0 Å². The maximum absolute atomic E-state index is 5.07. The summed E-state index contributed by atoms with van der Waals surface area (Å²) in [6.45, 7) is 8.27. The third-order valence-electron chi connectivity index (χ3n) is 2.29. The zero-order chi connectivity index (χ0) is 10.9. The summed E-state index contributed by atoms with van der Waals surface area (Å²) in [4.78, 5) is 0. The van der Waals surface area contributed by atoms with Crippen molar-refractivity contribution in [1.82, 2.24) is 5.32 Å². The van der Waals surface area contributed by atoms with E-state index in [-0.39, 0.29) is 0 Å². The molecule has 0 heterocycles. The first-order valence-corrected chi connectivity index (χ1v) is 5.31. The van der Waals surface area contributed by atoms with Gasteiger partial charge in [0.1, 0.15) is 0 Å². The maximum atomic E-state index is 5.07. The van der Waals surface area contributed by atoms with Gasteiger partial charge in [-0.15, -0.1) is 0 Å². The molecule has 0 unspecified atom stereocenters. The summed E-state index contributed by atoms with van der Waals surface area (Å²) < 4.78 is 10.1. The predicted molar refractivity (Wildman–Crippen MR) is 59.6 cm³/mol. The molecule has 3 heteroatoms. The van der Waals surface area contributed by atoms with Crippen molar-refractivity contribution in [1.29, 1.82) is 0 Å². The molecule has 0 bridgehead atoms. The number of nitrogens with one attached hydrogen (secondary N) is 1. The molecular weight excluding hydrogens is 178 g/mol. The van der Waals surface area contributed by atoms with Gasteiger partial charge in [0.25, 0.3) is 0 Å².